The highest BCUT2D eigenvalue weighted by Crippen LogP contribution is 2.52. The number of β-lactam (4-membered cyclic amide) rings is 1. The van der Waals surface area contributed by atoms with Crippen LogP contribution in [0.25, 0.3) is 0 Å². The Hall–Kier alpha value is -1.84. The smallest absolute Gasteiger partial charge is 0.408 e. The Labute approximate surface area is 232 Å². The molecule has 7 nitrogen and oxygen atoms in total. The number of nitrogens with zero attached hydrogens (tertiary/aromatic N) is 1. The number of rotatable bonds is 7. The zero-order valence-corrected chi connectivity index (χ0v) is 22.7. The van der Waals surface area contributed by atoms with Crippen molar-refractivity contribution in [2.45, 2.75) is 39.0 Å². The molecule has 0 aliphatic carbocycles. The maximum Gasteiger partial charge on any atom is 0.408 e. The van der Waals surface area contributed by atoms with Gasteiger partial charge in [-0.05, 0) is 18.1 Å². The van der Waals surface area contributed by atoms with Gasteiger partial charge in [0.2, 0.25) is 9.70 Å². The number of hydrogen-bond donors (Lipinski definition) is 1. The molecule has 0 radical (unpaired) electrons. The van der Waals surface area contributed by atoms with E-state index >= 15 is 0 Å². The molecule has 36 heavy (non-hydrogen) atoms. The molecule has 2 amide bonds. The molecule has 0 bridgehead atoms. The van der Waals surface area contributed by atoms with E-state index in [2.05, 4.69) is 5.32 Å². The first-order valence-corrected chi connectivity index (χ1v) is 13.5. The Morgan fingerprint density at radius 1 is 1.08 bits per heavy atom. The number of esters is 1. The summed E-state index contributed by atoms with van der Waals surface area (Å²) in [5.41, 5.74) is 1.58. The zero-order valence-electron chi connectivity index (χ0n) is 18.9. The van der Waals surface area contributed by atoms with Crippen LogP contribution in [0.2, 0.25) is 0 Å². The highest BCUT2D eigenvalue weighted by Gasteiger charge is 2.66. The molecule has 2 aliphatic rings. The molecule has 12 heteroatoms. The normalized spacial score (nSPS) is 25.2. The number of halogens is 4. The predicted molar refractivity (Wildman–Crippen MR) is 141 cm³/mol. The second kappa shape index (κ2) is 10.9. The number of fused-ring (bicyclic) bond motifs is 1. The number of thioether (sulfide) groups is 1. The van der Waals surface area contributed by atoms with Crippen LogP contribution in [0.1, 0.15) is 24.2 Å². The molecule has 0 saturated carbocycles. The lowest BCUT2D eigenvalue weighted by Gasteiger charge is -2.43. The lowest BCUT2D eigenvalue weighted by Crippen LogP contribution is -2.71. The molecule has 0 unspecified atom stereocenters. The van der Waals surface area contributed by atoms with Gasteiger partial charge in [-0.25, -0.2) is 9.59 Å². The number of benzene rings is 2. The maximum atomic E-state index is 13.6. The standard InChI is InChI=1S/C24H22Cl4N2O5S/c1-23(12-25)18(30-19(31)16(20(30)36-23)29-22(33)34-13-24(26,27)28)21(32)35-17(14-8-4-2-5-9-14)15-10-6-3-7-11-15/h2-11,16-18,20H,12-13H2,1H3,(H,29,33)/t16-,18+,20-,23+/m1/s1. The minimum absolute atomic E-state index is 0.0729. The number of nitrogens with one attached hydrogen (secondary N) is 1. The second-order valence-electron chi connectivity index (χ2n) is 8.55. The predicted octanol–water partition coefficient (Wildman–Crippen LogP) is 5.07. The number of alkyl halides is 4. The van der Waals surface area contributed by atoms with E-state index in [1.807, 2.05) is 60.7 Å². The van der Waals surface area contributed by atoms with Crippen molar-refractivity contribution in [3.05, 3.63) is 71.8 Å². The van der Waals surface area contributed by atoms with E-state index in [0.29, 0.717) is 0 Å². The third-order valence-corrected chi connectivity index (χ3v) is 8.58. The molecule has 0 aromatic heterocycles. The van der Waals surface area contributed by atoms with Gasteiger partial charge in [0.15, 0.2) is 6.10 Å². The molecule has 2 fully saturated rings. The van der Waals surface area contributed by atoms with Gasteiger partial charge in [0, 0.05) is 5.88 Å². The van der Waals surface area contributed by atoms with Gasteiger partial charge in [-0.15, -0.1) is 23.4 Å². The number of carbonyl (C=O) groups is 3. The molecule has 2 aromatic rings. The quantitative estimate of drug-likeness (QED) is 0.275. The molecule has 2 aliphatic heterocycles. The average molecular weight is 592 g/mol. The Balaban J connectivity index is 1.52. The molecule has 2 saturated heterocycles. The van der Waals surface area contributed by atoms with Crippen LogP contribution >= 0.6 is 58.2 Å². The van der Waals surface area contributed by atoms with Gasteiger partial charge in [-0.1, -0.05) is 95.5 Å². The molecule has 4 atom stereocenters. The summed E-state index contributed by atoms with van der Waals surface area (Å²) in [5.74, 6) is -0.967. The van der Waals surface area contributed by atoms with Crippen LogP contribution in [0, 0.1) is 0 Å². The summed E-state index contributed by atoms with van der Waals surface area (Å²) in [6.45, 7) is 1.31. The van der Waals surface area contributed by atoms with Crippen molar-refractivity contribution in [1.29, 1.82) is 0 Å². The van der Waals surface area contributed by atoms with E-state index in [1.54, 1.807) is 6.92 Å². The Morgan fingerprint density at radius 2 is 1.64 bits per heavy atom. The first-order chi connectivity index (χ1) is 17.0. The van der Waals surface area contributed by atoms with E-state index in [0.717, 1.165) is 11.1 Å². The van der Waals surface area contributed by atoms with Gasteiger partial charge in [-0.3, -0.25) is 4.79 Å². The fraction of sp³-hybridized carbons (Fsp3) is 0.375. The topological polar surface area (TPSA) is 84.9 Å². The largest absolute Gasteiger partial charge is 0.451 e. The third-order valence-electron chi connectivity index (χ3n) is 5.89. The molecule has 4 rings (SSSR count). The van der Waals surface area contributed by atoms with Crippen molar-refractivity contribution in [2.75, 3.05) is 12.5 Å². The average Bonchev–Trinajstić information content (AvgIpc) is 3.15. The van der Waals surface area contributed by atoms with Crippen LogP contribution in [-0.4, -0.2) is 61.4 Å². The molecule has 192 valence electrons. The van der Waals surface area contributed by atoms with Crippen molar-refractivity contribution in [1.82, 2.24) is 10.2 Å². The summed E-state index contributed by atoms with van der Waals surface area (Å²) in [5, 5.41) is 1.94. The number of alkyl carbamates (subject to hydrolysis) is 1. The van der Waals surface area contributed by atoms with Gasteiger partial charge >= 0.3 is 12.1 Å². The third kappa shape index (κ3) is 5.68. The first-order valence-electron chi connectivity index (χ1n) is 10.9. The van der Waals surface area contributed by atoms with E-state index in [-0.39, 0.29) is 5.88 Å². The van der Waals surface area contributed by atoms with Crippen LogP contribution in [0.3, 0.4) is 0 Å². The molecule has 1 N–H and O–H groups in total. The van der Waals surface area contributed by atoms with Crippen molar-refractivity contribution < 1.29 is 23.9 Å². The van der Waals surface area contributed by atoms with Gasteiger partial charge in [-0.2, -0.15) is 0 Å². The van der Waals surface area contributed by atoms with E-state index in [9.17, 15) is 14.4 Å². The van der Waals surface area contributed by atoms with Gasteiger partial charge in [0.05, 0.1) is 4.75 Å². The SMILES string of the molecule is C[C@@]1(CCl)S[C@@H]2[C@H](NC(=O)OCC(Cl)(Cl)Cl)C(=O)N2[C@H]1C(=O)OC(c1ccccc1)c1ccccc1. The minimum Gasteiger partial charge on any atom is -0.451 e. The molecule has 2 heterocycles. The Kier molecular flexibility index (Phi) is 8.22. The van der Waals surface area contributed by atoms with Crippen molar-refractivity contribution in [3.63, 3.8) is 0 Å². The second-order valence-corrected chi connectivity index (χ2v) is 13.0. The molecule has 2 aromatic carbocycles. The number of carbonyl (C=O) groups excluding carboxylic acids is 3. The summed E-state index contributed by atoms with van der Waals surface area (Å²) < 4.78 is 8.27. The van der Waals surface area contributed by atoms with E-state index in [4.69, 9.17) is 55.9 Å². The van der Waals surface area contributed by atoms with Crippen molar-refractivity contribution in [3.8, 4) is 0 Å². The number of hydrogen-bond acceptors (Lipinski definition) is 6. The van der Waals surface area contributed by atoms with E-state index < -0.39 is 56.7 Å². The van der Waals surface area contributed by atoms with Crippen LogP contribution in [0.15, 0.2) is 60.7 Å². The summed E-state index contributed by atoms with van der Waals surface area (Å²) in [6.07, 6.45) is -1.59. The lowest BCUT2D eigenvalue weighted by atomic mass is 9.95. The van der Waals surface area contributed by atoms with Gasteiger partial charge < -0.3 is 19.7 Å². The monoisotopic (exact) mass is 590 g/mol. The van der Waals surface area contributed by atoms with Crippen LogP contribution < -0.4 is 5.32 Å². The summed E-state index contributed by atoms with van der Waals surface area (Å²) in [7, 11) is 0. The number of amides is 2. The van der Waals surface area contributed by atoms with Crippen LogP contribution in [0.5, 0.6) is 0 Å². The Bertz CT molecular complexity index is 1080. The summed E-state index contributed by atoms with van der Waals surface area (Å²) in [6, 6.07) is 16.8. The Morgan fingerprint density at radius 3 is 2.14 bits per heavy atom. The molecular weight excluding hydrogens is 570 g/mol. The highest BCUT2D eigenvalue weighted by molar-refractivity contribution is 8.01. The van der Waals surface area contributed by atoms with Gasteiger partial charge in [0.1, 0.15) is 24.1 Å². The lowest BCUT2D eigenvalue weighted by molar-refractivity contribution is -0.166. The fourth-order valence-corrected chi connectivity index (χ4v) is 6.31. The van der Waals surface area contributed by atoms with Crippen molar-refractivity contribution in [2.24, 2.45) is 0 Å². The minimum atomic E-state index is -1.78. The van der Waals surface area contributed by atoms with Crippen LogP contribution in [-0.2, 0) is 19.1 Å². The zero-order chi connectivity index (χ0) is 26.1. The maximum absolute atomic E-state index is 13.6. The summed E-state index contributed by atoms with van der Waals surface area (Å²) in [4.78, 5) is 40.2. The molecular formula is C24H22Cl4N2O5S. The summed E-state index contributed by atoms with van der Waals surface area (Å²) >= 11 is 24.4. The van der Waals surface area contributed by atoms with Gasteiger partial charge in [0.25, 0.3) is 0 Å². The van der Waals surface area contributed by atoms with E-state index in [1.165, 1.54) is 16.7 Å². The fourth-order valence-electron chi connectivity index (χ4n) is 4.20. The van der Waals surface area contributed by atoms with Crippen LogP contribution in [0.4, 0.5) is 4.79 Å². The number of ether oxygens (including phenoxy) is 2. The molecule has 0 spiro atoms. The first kappa shape index (κ1) is 27.2. The highest BCUT2D eigenvalue weighted by atomic mass is 35.6. The van der Waals surface area contributed by atoms with Crippen molar-refractivity contribution >= 4 is 76.1 Å².